The molecule has 18 heavy (non-hydrogen) atoms. The highest BCUT2D eigenvalue weighted by Crippen LogP contribution is 2.24. The van der Waals surface area contributed by atoms with Crippen LogP contribution >= 0.6 is 0 Å². The van der Waals surface area contributed by atoms with Crippen molar-refractivity contribution in [2.24, 2.45) is 11.0 Å². The number of pyridine rings is 1. The zero-order chi connectivity index (χ0) is 13.0. The van der Waals surface area contributed by atoms with Gasteiger partial charge in [-0.05, 0) is 23.6 Å². The average Bonchev–Trinajstić information content (AvgIpc) is 2.78. The molecule has 0 bridgehead atoms. The third-order valence-corrected chi connectivity index (χ3v) is 2.84. The molecule has 0 spiro atoms. The van der Waals surface area contributed by atoms with Gasteiger partial charge in [0, 0.05) is 24.4 Å². The van der Waals surface area contributed by atoms with Crippen LogP contribution in [-0.4, -0.2) is 31.1 Å². The Morgan fingerprint density at radius 3 is 3.11 bits per heavy atom. The molecule has 0 aromatic carbocycles. The van der Waals surface area contributed by atoms with Gasteiger partial charge in [-0.3, -0.25) is 9.69 Å². The van der Waals surface area contributed by atoms with Gasteiger partial charge >= 0.3 is 0 Å². The predicted octanol–water partition coefficient (Wildman–Crippen LogP) is 1.75. The Bertz CT molecular complexity index is 481. The van der Waals surface area contributed by atoms with Crippen LogP contribution in [0.4, 0.5) is 5.82 Å². The molecule has 1 fully saturated rings. The van der Waals surface area contributed by atoms with Crippen molar-refractivity contribution in [2.75, 3.05) is 25.1 Å². The molecule has 1 aromatic rings. The lowest BCUT2D eigenvalue weighted by Crippen LogP contribution is -2.25. The zero-order valence-electron chi connectivity index (χ0n) is 9.98. The van der Waals surface area contributed by atoms with E-state index in [2.05, 4.69) is 15.0 Å². The van der Waals surface area contributed by atoms with Gasteiger partial charge in [0.25, 0.3) is 0 Å². The molecule has 7 nitrogen and oxygen atoms in total. The van der Waals surface area contributed by atoms with E-state index in [1.807, 2.05) is 0 Å². The topological polar surface area (TPSA) is 91.2 Å². The van der Waals surface area contributed by atoms with Gasteiger partial charge < -0.3 is 4.74 Å². The Labute approximate surface area is 104 Å². The molecule has 0 aliphatic carbocycles. The molecule has 1 aliphatic rings. The van der Waals surface area contributed by atoms with Gasteiger partial charge in [-0.25, -0.2) is 4.98 Å². The summed E-state index contributed by atoms with van der Waals surface area (Å²) in [4.78, 5) is 20.3. The normalized spacial score (nSPS) is 18.6. The van der Waals surface area contributed by atoms with Crippen molar-refractivity contribution >= 4 is 11.7 Å². The monoisotopic (exact) mass is 247 g/mol. The van der Waals surface area contributed by atoms with Crippen LogP contribution < -0.4 is 9.64 Å². The van der Waals surface area contributed by atoms with Gasteiger partial charge in [-0.15, -0.1) is 0 Å². The van der Waals surface area contributed by atoms with Crippen molar-refractivity contribution in [1.29, 1.82) is 0 Å². The van der Waals surface area contributed by atoms with E-state index in [-0.39, 0.29) is 11.8 Å². The number of azide groups is 1. The molecule has 0 N–H and O–H groups in total. The van der Waals surface area contributed by atoms with Crippen LogP contribution in [0.1, 0.15) is 6.42 Å². The third kappa shape index (κ3) is 2.52. The lowest BCUT2D eigenvalue weighted by Gasteiger charge is -2.15. The molecule has 1 unspecified atom stereocenters. The second-order valence-corrected chi connectivity index (χ2v) is 4.04. The van der Waals surface area contributed by atoms with E-state index in [1.165, 1.54) is 0 Å². The number of ether oxygens (including phenoxy) is 1. The van der Waals surface area contributed by atoms with Crippen LogP contribution in [-0.2, 0) is 4.79 Å². The highest BCUT2D eigenvalue weighted by Gasteiger charge is 2.30. The summed E-state index contributed by atoms with van der Waals surface area (Å²) in [5, 5.41) is 3.50. The molecule has 1 atom stereocenters. The molecule has 0 saturated carbocycles. The lowest BCUT2D eigenvalue weighted by molar-refractivity contribution is -0.117. The first-order valence-electron chi connectivity index (χ1n) is 5.56. The maximum Gasteiger partial charge on any atom is 0.228 e. The molecule has 0 radical (unpaired) electrons. The highest BCUT2D eigenvalue weighted by molar-refractivity contribution is 5.94. The summed E-state index contributed by atoms with van der Waals surface area (Å²) >= 11 is 0. The van der Waals surface area contributed by atoms with Gasteiger partial charge in [0.05, 0.1) is 13.3 Å². The van der Waals surface area contributed by atoms with Crippen LogP contribution in [0, 0.1) is 5.92 Å². The minimum absolute atomic E-state index is 0.00538. The minimum Gasteiger partial charge on any atom is -0.495 e. The molecule has 2 rings (SSSR count). The Morgan fingerprint density at radius 1 is 1.67 bits per heavy atom. The summed E-state index contributed by atoms with van der Waals surface area (Å²) in [6.07, 6.45) is 1.97. The molecular weight excluding hydrogens is 234 g/mol. The molecule has 1 saturated heterocycles. The van der Waals surface area contributed by atoms with Gasteiger partial charge in [0.2, 0.25) is 5.91 Å². The Kier molecular flexibility index (Phi) is 3.64. The van der Waals surface area contributed by atoms with Gasteiger partial charge in [0.15, 0.2) is 0 Å². The number of carbonyl (C=O) groups is 1. The van der Waals surface area contributed by atoms with E-state index in [9.17, 15) is 4.79 Å². The highest BCUT2D eigenvalue weighted by atomic mass is 16.5. The van der Waals surface area contributed by atoms with E-state index in [0.717, 1.165) is 0 Å². The number of hydrogen-bond acceptors (Lipinski definition) is 4. The maximum absolute atomic E-state index is 11.8. The summed E-state index contributed by atoms with van der Waals surface area (Å²) in [6.45, 7) is 0.881. The SMILES string of the molecule is COc1ccc(N2CC(CN=[N+]=[N-])CC2=O)nc1. The Morgan fingerprint density at radius 2 is 2.50 bits per heavy atom. The largest absolute Gasteiger partial charge is 0.495 e. The molecule has 7 heteroatoms. The van der Waals surface area contributed by atoms with E-state index in [1.54, 1.807) is 30.3 Å². The smallest absolute Gasteiger partial charge is 0.228 e. The van der Waals surface area contributed by atoms with Gasteiger partial charge in [-0.2, -0.15) is 0 Å². The first kappa shape index (κ1) is 12.2. The number of carbonyl (C=O) groups excluding carboxylic acids is 1. The van der Waals surface area contributed by atoms with Crippen LogP contribution in [0.15, 0.2) is 23.4 Å². The number of rotatable bonds is 4. The average molecular weight is 247 g/mol. The minimum atomic E-state index is 0.00538. The van der Waals surface area contributed by atoms with E-state index < -0.39 is 0 Å². The van der Waals surface area contributed by atoms with Crippen LogP contribution in [0.25, 0.3) is 10.4 Å². The van der Waals surface area contributed by atoms with E-state index in [0.29, 0.717) is 31.1 Å². The molecule has 1 aromatic heterocycles. The quantitative estimate of drug-likeness (QED) is 0.461. The number of nitrogens with zero attached hydrogens (tertiary/aromatic N) is 5. The molecule has 1 aliphatic heterocycles. The fourth-order valence-electron chi connectivity index (χ4n) is 1.93. The Hall–Kier alpha value is -2.27. The van der Waals surface area contributed by atoms with Crippen LogP contribution in [0.3, 0.4) is 0 Å². The van der Waals surface area contributed by atoms with E-state index in [4.69, 9.17) is 10.3 Å². The first-order chi connectivity index (χ1) is 8.74. The van der Waals surface area contributed by atoms with Crippen molar-refractivity contribution in [3.8, 4) is 5.75 Å². The van der Waals surface area contributed by atoms with Crippen molar-refractivity contribution in [2.45, 2.75) is 6.42 Å². The van der Waals surface area contributed by atoms with Gasteiger partial charge in [0.1, 0.15) is 11.6 Å². The number of amides is 1. The summed E-state index contributed by atoms with van der Waals surface area (Å²) in [5.74, 6) is 1.32. The molecular formula is C11H13N5O2. The summed E-state index contributed by atoms with van der Waals surface area (Å²) in [5.41, 5.74) is 8.27. The predicted molar refractivity (Wildman–Crippen MR) is 65.3 cm³/mol. The summed E-state index contributed by atoms with van der Waals surface area (Å²) < 4.78 is 5.01. The van der Waals surface area contributed by atoms with Crippen LogP contribution in [0.5, 0.6) is 5.75 Å². The third-order valence-electron chi connectivity index (χ3n) is 2.84. The molecule has 2 heterocycles. The standard InChI is InChI=1S/C11H13N5O2/c1-18-9-2-3-10(13-6-9)16-7-8(4-11(16)17)5-14-15-12/h2-3,6,8H,4-5,7H2,1H3. The number of hydrogen-bond donors (Lipinski definition) is 0. The first-order valence-corrected chi connectivity index (χ1v) is 5.56. The van der Waals surface area contributed by atoms with Crippen molar-refractivity contribution in [3.05, 3.63) is 28.8 Å². The van der Waals surface area contributed by atoms with E-state index >= 15 is 0 Å². The fourth-order valence-corrected chi connectivity index (χ4v) is 1.93. The second-order valence-electron chi connectivity index (χ2n) is 4.04. The summed E-state index contributed by atoms with van der Waals surface area (Å²) in [7, 11) is 1.56. The second kappa shape index (κ2) is 5.37. The fraction of sp³-hybridized carbons (Fsp3) is 0.455. The maximum atomic E-state index is 11.8. The Balaban J connectivity index is 2.08. The van der Waals surface area contributed by atoms with Crippen molar-refractivity contribution < 1.29 is 9.53 Å². The van der Waals surface area contributed by atoms with Gasteiger partial charge in [-0.1, -0.05) is 5.11 Å². The lowest BCUT2D eigenvalue weighted by atomic mass is 10.1. The molecule has 1 amide bonds. The number of methoxy groups -OCH3 is 1. The summed E-state index contributed by atoms with van der Waals surface area (Å²) in [6, 6.07) is 3.50. The van der Waals surface area contributed by atoms with Crippen molar-refractivity contribution in [3.63, 3.8) is 0 Å². The molecule has 94 valence electrons. The zero-order valence-corrected chi connectivity index (χ0v) is 9.98. The number of anilines is 1. The van der Waals surface area contributed by atoms with Crippen molar-refractivity contribution in [1.82, 2.24) is 4.98 Å². The van der Waals surface area contributed by atoms with Crippen LogP contribution in [0.2, 0.25) is 0 Å². The number of aromatic nitrogens is 1.